The quantitative estimate of drug-likeness (QED) is 0.844. The van der Waals surface area contributed by atoms with Gasteiger partial charge in [-0.2, -0.15) is 0 Å². The first kappa shape index (κ1) is 14.4. The van der Waals surface area contributed by atoms with Crippen LogP contribution >= 0.6 is 15.9 Å². The first-order valence-electron chi connectivity index (χ1n) is 6.73. The lowest BCUT2D eigenvalue weighted by Crippen LogP contribution is -2.31. The average Bonchev–Trinajstić information content (AvgIpc) is 2.92. The van der Waals surface area contributed by atoms with Crippen LogP contribution in [0.15, 0.2) is 24.3 Å². The lowest BCUT2D eigenvalue weighted by atomic mass is 9.98. The Morgan fingerprint density at radius 3 is 2.84 bits per heavy atom. The second kappa shape index (κ2) is 6.94. The Kier molecular flexibility index (Phi) is 5.25. The molecule has 104 valence electrons. The Hall–Kier alpha value is -1.03. The van der Waals surface area contributed by atoms with E-state index in [2.05, 4.69) is 21.2 Å². The van der Waals surface area contributed by atoms with Crippen molar-refractivity contribution in [3.05, 3.63) is 29.8 Å². The van der Waals surface area contributed by atoms with Gasteiger partial charge in [0.05, 0.1) is 12.7 Å². The highest BCUT2D eigenvalue weighted by molar-refractivity contribution is 9.09. The van der Waals surface area contributed by atoms with E-state index in [0.717, 1.165) is 11.9 Å². The molecule has 0 radical (unpaired) electrons. The molecule has 0 aliphatic heterocycles. The molecule has 0 aromatic heterocycles. The summed E-state index contributed by atoms with van der Waals surface area (Å²) in [4.78, 5) is 12.2. The molecule has 1 aromatic rings. The van der Waals surface area contributed by atoms with E-state index in [0.29, 0.717) is 23.1 Å². The summed E-state index contributed by atoms with van der Waals surface area (Å²) in [5.74, 6) is 1.87. The van der Waals surface area contributed by atoms with Gasteiger partial charge in [0.2, 0.25) is 0 Å². The summed E-state index contributed by atoms with van der Waals surface area (Å²) < 4.78 is 5.21. The fraction of sp³-hybridized carbons (Fsp3) is 0.533. The summed E-state index contributed by atoms with van der Waals surface area (Å²) in [5, 5.41) is 4.07. The zero-order chi connectivity index (χ0) is 13.7. The molecule has 0 heterocycles. The van der Waals surface area contributed by atoms with Crippen LogP contribution in [0.5, 0.6) is 5.75 Å². The molecule has 1 aliphatic rings. The molecule has 1 saturated carbocycles. The van der Waals surface area contributed by atoms with Crippen LogP contribution in [0.3, 0.4) is 0 Å². The minimum atomic E-state index is -0.0438. The summed E-state index contributed by atoms with van der Waals surface area (Å²) >= 11 is 3.56. The van der Waals surface area contributed by atoms with Gasteiger partial charge in [-0.1, -0.05) is 34.5 Å². The predicted octanol–water partition coefficient (Wildman–Crippen LogP) is 3.24. The number of carbonyl (C=O) groups is 1. The third-order valence-corrected chi connectivity index (χ3v) is 4.72. The number of hydrogen-bond donors (Lipinski definition) is 1. The van der Waals surface area contributed by atoms with E-state index in [1.807, 2.05) is 18.2 Å². The molecule has 1 amide bonds. The molecule has 3 nitrogen and oxygen atoms in total. The van der Waals surface area contributed by atoms with Crippen molar-refractivity contribution in [2.45, 2.75) is 19.3 Å². The van der Waals surface area contributed by atoms with Gasteiger partial charge in [0, 0.05) is 11.9 Å². The van der Waals surface area contributed by atoms with Crippen LogP contribution in [0.25, 0.3) is 0 Å². The molecule has 2 rings (SSSR count). The molecule has 19 heavy (non-hydrogen) atoms. The first-order valence-corrected chi connectivity index (χ1v) is 7.85. The van der Waals surface area contributed by atoms with E-state index in [-0.39, 0.29) is 5.91 Å². The maximum Gasteiger partial charge on any atom is 0.255 e. The van der Waals surface area contributed by atoms with E-state index >= 15 is 0 Å². The highest BCUT2D eigenvalue weighted by atomic mass is 79.9. The second-order valence-electron chi connectivity index (χ2n) is 5.02. The van der Waals surface area contributed by atoms with Gasteiger partial charge in [0.25, 0.3) is 5.91 Å². The van der Waals surface area contributed by atoms with Gasteiger partial charge >= 0.3 is 0 Å². The SMILES string of the molecule is COc1ccccc1C(=O)NCC1CCCC1CBr. The van der Waals surface area contributed by atoms with Crippen LogP contribution in [0.1, 0.15) is 29.6 Å². The van der Waals surface area contributed by atoms with Crippen molar-refractivity contribution < 1.29 is 9.53 Å². The number of ether oxygens (including phenoxy) is 1. The molecule has 0 saturated heterocycles. The molecule has 2 unspecified atom stereocenters. The maximum absolute atomic E-state index is 12.2. The monoisotopic (exact) mass is 325 g/mol. The smallest absolute Gasteiger partial charge is 0.255 e. The molecule has 1 fully saturated rings. The van der Waals surface area contributed by atoms with Crippen LogP contribution in [0, 0.1) is 11.8 Å². The van der Waals surface area contributed by atoms with E-state index in [9.17, 15) is 4.79 Å². The number of rotatable bonds is 5. The van der Waals surface area contributed by atoms with Gasteiger partial charge < -0.3 is 10.1 Å². The van der Waals surface area contributed by atoms with Crippen molar-refractivity contribution in [2.75, 3.05) is 19.0 Å². The third-order valence-electron chi connectivity index (χ3n) is 3.89. The van der Waals surface area contributed by atoms with Crippen LogP contribution in [-0.2, 0) is 0 Å². The molecule has 1 aliphatic carbocycles. The van der Waals surface area contributed by atoms with Gasteiger partial charge in [-0.15, -0.1) is 0 Å². The maximum atomic E-state index is 12.2. The summed E-state index contributed by atoms with van der Waals surface area (Å²) in [6.07, 6.45) is 3.74. The summed E-state index contributed by atoms with van der Waals surface area (Å²) in [5.41, 5.74) is 0.610. The van der Waals surface area contributed by atoms with E-state index in [1.165, 1.54) is 19.3 Å². The molecular weight excluding hydrogens is 306 g/mol. The fourth-order valence-corrected chi connectivity index (χ4v) is 3.59. The number of para-hydroxylation sites is 1. The minimum Gasteiger partial charge on any atom is -0.496 e. The van der Waals surface area contributed by atoms with Crippen LogP contribution in [0.4, 0.5) is 0 Å². The predicted molar refractivity (Wildman–Crippen MR) is 80.0 cm³/mol. The van der Waals surface area contributed by atoms with Gasteiger partial charge in [-0.05, 0) is 36.8 Å². The standard InChI is InChI=1S/C15H20BrNO2/c1-19-14-8-3-2-7-13(14)15(18)17-10-12-6-4-5-11(12)9-16/h2-3,7-8,11-12H,4-6,9-10H2,1H3,(H,17,18). The van der Waals surface area contributed by atoms with Crippen molar-refractivity contribution >= 4 is 21.8 Å². The molecule has 2 atom stereocenters. The van der Waals surface area contributed by atoms with Crippen LogP contribution in [-0.4, -0.2) is 24.9 Å². The average molecular weight is 326 g/mol. The Bertz CT molecular complexity index is 436. The van der Waals surface area contributed by atoms with Crippen molar-refractivity contribution in [1.82, 2.24) is 5.32 Å². The first-order chi connectivity index (χ1) is 9.26. The molecule has 0 bridgehead atoms. The highest BCUT2D eigenvalue weighted by Gasteiger charge is 2.26. The Balaban J connectivity index is 1.94. The van der Waals surface area contributed by atoms with Gasteiger partial charge in [0.1, 0.15) is 5.75 Å². The van der Waals surface area contributed by atoms with Gasteiger partial charge in [-0.25, -0.2) is 0 Å². The Morgan fingerprint density at radius 1 is 1.37 bits per heavy atom. The normalized spacial score (nSPS) is 22.2. The fourth-order valence-electron chi connectivity index (χ4n) is 2.74. The van der Waals surface area contributed by atoms with Crippen LogP contribution < -0.4 is 10.1 Å². The number of methoxy groups -OCH3 is 1. The number of carbonyl (C=O) groups excluding carboxylic acids is 1. The Morgan fingerprint density at radius 2 is 2.11 bits per heavy atom. The number of amides is 1. The number of halogens is 1. The summed E-state index contributed by atoms with van der Waals surface area (Å²) in [7, 11) is 1.59. The topological polar surface area (TPSA) is 38.3 Å². The van der Waals surface area contributed by atoms with E-state index in [4.69, 9.17) is 4.74 Å². The summed E-state index contributed by atoms with van der Waals surface area (Å²) in [6, 6.07) is 7.33. The van der Waals surface area contributed by atoms with Gasteiger partial charge in [-0.3, -0.25) is 4.79 Å². The van der Waals surface area contributed by atoms with Gasteiger partial charge in [0.15, 0.2) is 0 Å². The van der Waals surface area contributed by atoms with E-state index in [1.54, 1.807) is 13.2 Å². The van der Waals surface area contributed by atoms with Crippen molar-refractivity contribution in [1.29, 1.82) is 0 Å². The number of nitrogens with one attached hydrogen (secondary N) is 1. The summed E-state index contributed by atoms with van der Waals surface area (Å²) in [6.45, 7) is 0.757. The molecule has 1 aromatic carbocycles. The number of hydrogen-bond acceptors (Lipinski definition) is 2. The molecule has 1 N–H and O–H groups in total. The molecule has 0 spiro atoms. The number of alkyl halides is 1. The zero-order valence-corrected chi connectivity index (χ0v) is 12.8. The molecule has 4 heteroatoms. The van der Waals surface area contributed by atoms with Crippen molar-refractivity contribution in [3.8, 4) is 5.75 Å². The van der Waals surface area contributed by atoms with Crippen LogP contribution in [0.2, 0.25) is 0 Å². The largest absolute Gasteiger partial charge is 0.496 e. The second-order valence-corrected chi connectivity index (χ2v) is 5.66. The zero-order valence-electron chi connectivity index (χ0n) is 11.2. The van der Waals surface area contributed by atoms with Crippen molar-refractivity contribution in [2.24, 2.45) is 11.8 Å². The highest BCUT2D eigenvalue weighted by Crippen LogP contribution is 2.32. The lowest BCUT2D eigenvalue weighted by Gasteiger charge is -2.18. The number of benzene rings is 1. The van der Waals surface area contributed by atoms with E-state index < -0.39 is 0 Å². The third kappa shape index (κ3) is 3.50. The Labute approximate surface area is 122 Å². The molecular formula is C15H20BrNO2. The lowest BCUT2D eigenvalue weighted by molar-refractivity contribution is 0.0942. The van der Waals surface area contributed by atoms with Crippen molar-refractivity contribution in [3.63, 3.8) is 0 Å². The minimum absolute atomic E-state index is 0.0438.